The van der Waals surface area contributed by atoms with Gasteiger partial charge in [0.15, 0.2) is 0 Å². The first-order valence-electron chi connectivity index (χ1n) is 15.3. The molecule has 37 heavy (non-hydrogen) atoms. The maximum Gasteiger partial charge on any atom is 0.0628 e. The van der Waals surface area contributed by atoms with E-state index in [1.54, 1.807) is 0 Å². The lowest BCUT2D eigenvalue weighted by molar-refractivity contribution is -0.204. The van der Waals surface area contributed by atoms with Gasteiger partial charge in [0.25, 0.3) is 0 Å². The molecule has 0 spiro atoms. The molecular weight excluding hydrogens is 454 g/mol. The van der Waals surface area contributed by atoms with E-state index in [4.69, 9.17) is 0 Å². The van der Waals surface area contributed by atoms with Crippen molar-refractivity contribution < 1.29 is 10.2 Å². The number of rotatable bonds is 7. The third-order valence-corrected chi connectivity index (χ3v) is 12.8. The van der Waals surface area contributed by atoms with Gasteiger partial charge in [0, 0.05) is 17.4 Å². The molecule has 1 aromatic carbocycles. The van der Waals surface area contributed by atoms with Gasteiger partial charge in [0.1, 0.15) is 0 Å². The molecule has 0 bridgehead atoms. The van der Waals surface area contributed by atoms with Crippen LogP contribution in [0, 0.1) is 45.3 Å². The Balaban J connectivity index is 1.29. The monoisotopic (exact) mass is 507 g/mol. The van der Waals surface area contributed by atoms with Crippen LogP contribution in [-0.2, 0) is 6.54 Å². The van der Waals surface area contributed by atoms with Gasteiger partial charge >= 0.3 is 0 Å². The van der Waals surface area contributed by atoms with Crippen LogP contribution in [0.4, 0.5) is 0 Å². The molecule has 0 radical (unpaired) electrons. The maximum atomic E-state index is 12.0. The van der Waals surface area contributed by atoms with Crippen molar-refractivity contribution >= 4 is 0 Å². The lowest BCUT2D eigenvalue weighted by Gasteiger charge is -2.67. The summed E-state index contributed by atoms with van der Waals surface area (Å²) < 4.78 is 0. The minimum atomic E-state index is -0.268. The Kier molecular flexibility index (Phi) is 7.25. The Labute approximate surface area is 226 Å². The highest BCUT2D eigenvalue weighted by atomic mass is 16.3. The number of nitrogens with one attached hydrogen (secondary N) is 1. The van der Waals surface area contributed by atoms with Gasteiger partial charge < -0.3 is 15.5 Å². The van der Waals surface area contributed by atoms with Crippen LogP contribution in [0.3, 0.4) is 0 Å². The van der Waals surface area contributed by atoms with Crippen LogP contribution >= 0.6 is 0 Å². The summed E-state index contributed by atoms with van der Waals surface area (Å²) in [6.07, 6.45) is 10.9. The van der Waals surface area contributed by atoms with Crippen molar-refractivity contribution in [3.63, 3.8) is 0 Å². The van der Waals surface area contributed by atoms with Crippen molar-refractivity contribution in [2.24, 2.45) is 45.3 Å². The molecule has 3 nitrogen and oxygen atoms in total. The topological polar surface area (TPSA) is 52.5 Å². The quantitative estimate of drug-likeness (QED) is 0.272. The number of hydrogen-bond acceptors (Lipinski definition) is 3. The number of aliphatic hydroxyl groups excluding tert-OH is 2. The van der Waals surface area contributed by atoms with Gasteiger partial charge in [-0.15, -0.1) is 0 Å². The Bertz CT molecular complexity index is 987. The van der Waals surface area contributed by atoms with Gasteiger partial charge in [-0.05, 0) is 98.0 Å². The number of allylic oxidation sites excluding steroid dienone is 1. The zero-order chi connectivity index (χ0) is 26.6. The highest BCUT2D eigenvalue weighted by Gasteiger charge is 2.70. The average Bonchev–Trinajstić information content (AvgIpc) is 3.13. The van der Waals surface area contributed by atoms with Crippen molar-refractivity contribution in [2.75, 3.05) is 6.54 Å². The lowest BCUT2D eigenvalue weighted by Crippen LogP contribution is -2.64. The van der Waals surface area contributed by atoms with Crippen molar-refractivity contribution in [3.8, 4) is 0 Å². The molecule has 3 heteroatoms. The van der Waals surface area contributed by atoms with E-state index in [-0.39, 0.29) is 33.9 Å². The van der Waals surface area contributed by atoms with E-state index in [1.807, 2.05) is 0 Å². The van der Waals surface area contributed by atoms with Crippen LogP contribution in [0.25, 0.3) is 0 Å². The van der Waals surface area contributed by atoms with Crippen LogP contribution in [0.15, 0.2) is 42.0 Å². The number of hydrogen-bond donors (Lipinski definition) is 3. The minimum Gasteiger partial charge on any atom is -0.393 e. The Morgan fingerprint density at radius 1 is 0.946 bits per heavy atom. The highest BCUT2D eigenvalue weighted by molar-refractivity contribution is 5.31. The van der Waals surface area contributed by atoms with Gasteiger partial charge in [0.05, 0.1) is 12.2 Å². The molecule has 9 atom stereocenters. The van der Waals surface area contributed by atoms with Crippen molar-refractivity contribution in [3.05, 3.63) is 47.5 Å². The summed E-state index contributed by atoms with van der Waals surface area (Å²) in [6.45, 7) is 16.5. The normalized spacial score (nSPS) is 43.4. The smallest absolute Gasteiger partial charge is 0.0628 e. The number of aliphatic hydroxyl groups is 2. The molecule has 3 fully saturated rings. The van der Waals surface area contributed by atoms with Crippen LogP contribution in [0.2, 0.25) is 0 Å². The number of benzene rings is 1. The molecule has 4 aliphatic rings. The van der Waals surface area contributed by atoms with Crippen molar-refractivity contribution in [2.45, 2.75) is 112 Å². The fraction of sp³-hybridized carbons (Fsp3) is 0.765. The summed E-state index contributed by atoms with van der Waals surface area (Å²) in [7, 11) is 0. The van der Waals surface area contributed by atoms with E-state index in [2.05, 4.69) is 83.3 Å². The van der Waals surface area contributed by atoms with Gasteiger partial charge in [-0.2, -0.15) is 0 Å². The average molecular weight is 508 g/mol. The molecule has 5 rings (SSSR count). The molecule has 0 amide bonds. The summed E-state index contributed by atoms with van der Waals surface area (Å²) in [4.78, 5) is 0. The zero-order valence-corrected chi connectivity index (χ0v) is 24.4. The van der Waals surface area contributed by atoms with Crippen molar-refractivity contribution in [1.29, 1.82) is 0 Å². The zero-order valence-electron chi connectivity index (χ0n) is 24.4. The maximum absolute atomic E-state index is 12.0. The molecular formula is C34H53NO2. The fourth-order valence-corrected chi connectivity index (χ4v) is 10.2. The molecule has 0 aliphatic heterocycles. The second-order valence-corrected chi connectivity index (χ2v) is 14.7. The standard InChI is InChI=1S/C34H53NO2/c1-23(11-10-20-35-22-24-12-8-7-9-13-24)25-18-19-32(4)28-16-14-26-27(15-17-29(36)31(26,2)3)34(28,6)30(37)21-33(25,32)5/h7-9,12-14,23,25,27-30,35-37H,10-11,15-22H2,1-6H3/t23-,25-,27-,28+,29+,30-,32+,33-,34+/m1/s1. The van der Waals surface area contributed by atoms with Gasteiger partial charge in [-0.3, -0.25) is 0 Å². The molecule has 0 heterocycles. The van der Waals surface area contributed by atoms with Crippen LogP contribution in [0.1, 0.15) is 98.5 Å². The summed E-state index contributed by atoms with van der Waals surface area (Å²) in [5, 5.41) is 26.5. The second-order valence-electron chi connectivity index (χ2n) is 14.7. The lowest BCUT2D eigenvalue weighted by atomic mass is 9.38. The Hall–Kier alpha value is -1.16. The Morgan fingerprint density at radius 3 is 2.41 bits per heavy atom. The van der Waals surface area contributed by atoms with E-state index in [1.165, 1.54) is 36.8 Å². The number of fused-ring (bicyclic) bond motifs is 5. The van der Waals surface area contributed by atoms with Crippen LogP contribution in [0.5, 0.6) is 0 Å². The predicted octanol–water partition coefficient (Wildman–Crippen LogP) is 7.13. The fourth-order valence-electron chi connectivity index (χ4n) is 10.2. The van der Waals surface area contributed by atoms with Gasteiger partial charge in [-0.1, -0.05) is 83.5 Å². The summed E-state index contributed by atoms with van der Waals surface area (Å²) in [5.74, 6) is 2.27. The highest BCUT2D eigenvalue weighted by Crippen LogP contribution is 2.74. The molecule has 4 aliphatic carbocycles. The van der Waals surface area contributed by atoms with Gasteiger partial charge in [-0.25, -0.2) is 0 Å². The van der Waals surface area contributed by atoms with Crippen LogP contribution in [-0.4, -0.2) is 29.0 Å². The van der Waals surface area contributed by atoms with Crippen LogP contribution < -0.4 is 5.32 Å². The summed E-state index contributed by atoms with van der Waals surface area (Å²) in [6, 6.07) is 10.7. The molecule has 0 saturated heterocycles. The van der Waals surface area contributed by atoms with Gasteiger partial charge in [0.2, 0.25) is 0 Å². The van der Waals surface area contributed by atoms with E-state index in [9.17, 15) is 10.2 Å². The first-order chi connectivity index (χ1) is 17.5. The molecule has 206 valence electrons. The van der Waals surface area contributed by atoms with E-state index >= 15 is 0 Å². The van der Waals surface area contributed by atoms with E-state index < -0.39 is 0 Å². The molecule has 0 aromatic heterocycles. The molecule has 1 aromatic rings. The largest absolute Gasteiger partial charge is 0.393 e. The molecule has 3 saturated carbocycles. The second kappa shape index (κ2) is 9.79. The van der Waals surface area contributed by atoms with Crippen molar-refractivity contribution in [1.82, 2.24) is 5.32 Å². The summed E-state index contributed by atoms with van der Waals surface area (Å²) >= 11 is 0. The molecule has 3 N–H and O–H groups in total. The third kappa shape index (κ3) is 4.18. The minimum absolute atomic E-state index is 0.0881. The SMILES string of the molecule is C[C@H](CCCNCc1ccccc1)[C@H]1CC[C@@]2(C)[C@@H]3CC=C4[C@@H](CC[C@H](O)C4(C)C)[C@]3(C)[C@H](O)C[C@]12C. The predicted molar refractivity (Wildman–Crippen MR) is 153 cm³/mol. The van der Waals surface area contributed by atoms with E-state index in [0.29, 0.717) is 23.7 Å². The Morgan fingerprint density at radius 2 is 1.68 bits per heavy atom. The first kappa shape index (κ1) is 27.4. The third-order valence-electron chi connectivity index (χ3n) is 12.8. The first-order valence-corrected chi connectivity index (χ1v) is 15.3. The van der Waals surface area contributed by atoms with E-state index in [0.717, 1.165) is 38.8 Å². The molecule has 0 unspecified atom stereocenters. The summed E-state index contributed by atoms with van der Waals surface area (Å²) in [5.41, 5.74) is 2.96.